The Bertz CT molecular complexity index is 1040. The number of anilines is 1. The van der Waals surface area contributed by atoms with Gasteiger partial charge in [-0.05, 0) is 61.6 Å². The zero-order valence-electron chi connectivity index (χ0n) is 19.6. The molecule has 0 aliphatic heterocycles. The van der Waals surface area contributed by atoms with Gasteiger partial charge in [-0.15, -0.1) is 0 Å². The number of hydrogen-bond donors (Lipinski definition) is 4. The third kappa shape index (κ3) is 6.94. The minimum Gasteiger partial charge on any atom is -0.480 e. The number of carboxylic acids is 1. The molecule has 2 amide bonds. The molecule has 2 rings (SSSR count). The summed E-state index contributed by atoms with van der Waals surface area (Å²) in [5, 5.41) is 11.3. The number of nitrogens with two attached hydrogens (primary N) is 2. The lowest BCUT2D eigenvalue weighted by Gasteiger charge is -2.38. The van der Waals surface area contributed by atoms with Crippen molar-refractivity contribution in [2.75, 3.05) is 12.3 Å². The highest BCUT2D eigenvalue weighted by atomic mass is 32.2. The molecule has 0 saturated carbocycles. The molecule has 9 nitrogen and oxygen atoms in total. The van der Waals surface area contributed by atoms with Gasteiger partial charge in [-0.2, -0.15) is 0 Å². The summed E-state index contributed by atoms with van der Waals surface area (Å²) in [6.07, 6.45) is 1.06. The van der Waals surface area contributed by atoms with E-state index < -0.39 is 39.2 Å². The lowest BCUT2D eigenvalue weighted by Crippen LogP contribution is -2.58. The van der Waals surface area contributed by atoms with Crippen molar-refractivity contribution in [3.8, 4) is 0 Å². The van der Waals surface area contributed by atoms with E-state index in [2.05, 4.69) is 5.32 Å². The number of carbonyl (C=O) groups is 2. The Labute approximate surface area is 201 Å². The van der Waals surface area contributed by atoms with Crippen LogP contribution in [0.5, 0.6) is 0 Å². The summed E-state index contributed by atoms with van der Waals surface area (Å²) in [6, 6.07) is 12.6. The summed E-state index contributed by atoms with van der Waals surface area (Å²) in [6.45, 7) is 3.79. The molecule has 0 bridgehead atoms. The molecule has 34 heavy (non-hydrogen) atoms. The van der Waals surface area contributed by atoms with E-state index in [0.29, 0.717) is 25.1 Å². The van der Waals surface area contributed by atoms with Gasteiger partial charge in [-0.3, -0.25) is 4.90 Å². The van der Waals surface area contributed by atoms with E-state index in [4.69, 9.17) is 11.5 Å². The van der Waals surface area contributed by atoms with Crippen LogP contribution in [0.2, 0.25) is 0 Å². The largest absolute Gasteiger partial charge is 0.480 e. The maximum atomic E-state index is 13.7. The minimum absolute atomic E-state index is 0.0349. The smallest absolute Gasteiger partial charge is 0.326 e. The van der Waals surface area contributed by atoms with Gasteiger partial charge in [0.15, 0.2) is 9.84 Å². The zero-order valence-corrected chi connectivity index (χ0v) is 20.4. The van der Waals surface area contributed by atoms with Gasteiger partial charge in [0, 0.05) is 12.2 Å². The summed E-state index contributed by atoms with van der Waals surface area (Å²) in [7, 11) is -4.13. The molecule has 0 saturated heterocycles. The Hall–Kier alpha value is -3.11. The number of carbonyl (C=O) groups excluding carboxylic acids is 1. The molecule has 2 aromatic carbocycles. The van der Waals surface area contributed by atoms with Crippen LogP contribution >= 0.6 is 0 Å². The van der Waals surface area contributed by atoms with Crippen LogP contribution in [0.25, 0.3) is 0 Å². The molecule has 0 heterocycles. The third-order valence-corrected chi connectivity index (χ3v) is 7.78. The van der Waals surface area contributed by atoms with Gasteiger partial charge in [0.25, 0.3) is 0 Å². The molecule has 0 aromatic heterocycles. The first-order valence-corrected chi connectivity index (χ1v) is 12.8. The van der Waals surface area contributed by atoms with Crippen LogP contribution in [0.3, 0.4) is 0 Å². The lowest BCUT2D eigenvalue weighted by molar-refractivity contribution is -0.143. The highest BCUT2D eigenvalue weighted by Gasteiger charge is 2.43. The van der Waals surface area contributed by atoms with E-state index in [9.17, 15) is 23.1 Å². The molecule has 2 aromatic rings. The number of benzene rings is 2. The first-order valence-electron chi connectivity index (χ1n) is 11.2. The van der Waals surface area contributed by atoms with Crippen molar-refractivity contribution in [2.24, 2.45) is 11.7 Å². The van der Waals surface area contributed by atoms with E-state index in [1.54, 1.807) is 13.8 Å². The summed E-state index contributed by atoms with van der Waals surface area (Å²) in [4.78, 5) is 26.6. The van der Waals surface area contributed by atoms with Gasteiger partial charge in [0.1, 0.15) is 11.4 Å². The molecular formula is C24H34N4O5S. The second-order valence-corrected chi connectivity index (χ2v) is 10.5. The maximum absolute atomic E-state index is 13.7. The second kappa shape index (κ2) is 12.4. The molecule has 2 atom stereocenters. The molecular weight excluding hydrogens is 456 g/mol. The molecule has 10 heteroatoms. The number of urea groups is 1. The van der Waals surface area contributed by atoms with Crippen LogP contribution in [0.4, 0.5) is 10.5 Å². The quantitative estimate of drug-likeness (QED) is 0.263. The second-order valence-electron chi connectivity index (χ2n) is 8.44. The number of nitrogen functional groups attached to an aromatic ring is 1. The van der Waals surface area contributed by atoms with Crippen LogP contribution < -0.4 is 16.8 Å². The van der Waals surface area contributed by atoms with Crippen molar-refractivity contribution in [1.82, 2.24) is 10.2 Å². The highest BCUT2D eigenvalue weighted by Crippen LogP contribution is 2.29. The van der Waals surface area contributed by atoms with Crippen molar-refractivity contribution < 1.29 is 23.1 Å². The van der Waals surface area contributed by atoms with E-state index in [1.165, 1.54) is 24.3 Å². The summed E-state index contributed by atoms with van der Waals surface area (Å²) < 4.78 is 27.4. The maximum Gasteiger partial charge on any atom is 0.326 e. The number of hydrogen-bond acceptors (Lipinski definition) is 6. The van der Waals surface area contributed by atoms with Gasteiger partial charge in [-0.1, -0.05) is 44.2 Å². The number of nitrogens with one attached hydrogen (secondary N) is 1. The van der Waals surface area contributed by atoms with E-state index in [1.807, 2.05) is 30.3 Å². The lowest BCUT2D eigenvalue weighted by atomic mass is 10.1. The van der Waals surface area contributed by atoms with Crippen molar-refractivity contribution in [1.29, 1.82) is 0 Å². The summed E-state index contributed by atoms with van der Waals surface area (Å²) in [5.74, 6) is -1.87. The van der Waals surface area contributed by atoms with Gasteiger partial charge < -0.3 is 21.9 Å². The Morgan fingerprint density at radius 2 is 1.65 bits per heavy atom. The standard InChI is InChI=1S/C24H34N4O5S/c1-17(2)22(34(32,33)20-13-11-19(26)12-14-20)28(21(23(29)30)10-6-7-15-25)24(31)27-16-18-8-4-3-5-9-18/h3-5,8-9,11-14,17,21-22H,6-7,10,15-16,25-26H2,1-2H3,(H,27,31)(H,29,30)/t21-,22?/m0/s1. The molecule has 0 radical (unpaired) electrons. The van der Waals surface area contributed by atoms with Crippen molar-refractivity contribution in [2.45, 2.75) is 56.0 Å². The minimum atomic E-state index is -4.13. The van der Waals surface area contributed by atoms with Crippen LogP contribution in [0.1, 0.15) is 38.7 Å². The van der Waals surface area contributed by atoms with Crippen LogP contribution in [-0.2, 0) is 21.2 Å². The highest BCUT2D eigenvalue weighted by molar-refractivity contribution is 7.92. The number of nitrogens with zero attached hydrogens (tertiary/aromatic N) is 1. The molecule has 1 unspecified atom stereocenters. The average molecular weight is 491 g/mol. The molecule has 0 aliphatic carbocycles. The van der Waals surface area contributed by atoms with Gasteiger partial charge >= 0.3 is 12.0 Å². The predicted octanol–water partition coefficient (Wildman–Crippen LogP) is 2.82. The normalized spacial score (nSPS) is 13.3. The number of unbranched alkanes of at least 4 members (excludes halogenated alkanes) is 1. The summed E-state index contributed by atoms with van der Waals surface area (Å²) >= 11 is 0. The topological polar surface area (TPSA) is 156 Å². The first-order chi connectivity index (χ1) is 16.1. The van der Waals surface area contributed by atoms with Crippen LogP contribution in [0, 0.1) is 5.92 Å². The molecule has 186 valence electrons. The summed E-state index contributed by atoms with van der Waals surface area (Å²) in [5.41, 5.74) is 12.5. The SMILES string of the molecule is CC(C)C(N(C(=O)NCc1ccccc1)[C@@H](CCCCN)C(=O)O)S(=O)(=O)c1ccc(N)cc1. The van der Waals surface area contributed by atoms with Crippen molar-refractivity contribution in [3.05, 3.63) is 60.2 Å². The number of aliphatic carboxylic acids is 1. The van der Waals surface area contributed by atoms with Crippen molar-refractivity contribution in [3.63, 3.8) is 0 Å². The number of sulfone groups is 1. The Balaban J connectivity index is 2.51. The van der Waals surface area contributed by atoms with E-state index in [0.717, 1.165) is 10.5 Å². The van der Waals surface area contributed by atoms with E-state index in [-0.39, 0.29) is 17.9 Å². The van der Waals surface area contributed by atoms with Crippen LogP contribution in [-0.4, -0.2) is 48.4 Å². The fraction of sp³-hybridized carbons (Fsp3) is 0.417. The molecule has 0 fully saturated rings. The Kier molecular flexibility index (Phi) is 9.88. The first kappa shape index (κ1) is 27.1. The molecule has 0 spiro atoms. The fourth-order valence-corrected chi connectivity index (χ4v) is 5.84. The average Bonchev–Trinajstić information content (AvgIpc) is 2.79. The Morgan fingerprint density at radius 1 is 1.03 bits per heavy atom. The monoisotopic (exact) mass is 490 g/mol. The fourth-order valence-electron chi connectivity index (χ4n) is 3.79. The number of amides is 2. The predicted molar refractivity (Wildman–Crippen MR) is 132 cm³/mol. The number of rotatable bonds is 12. The number of carboxylic acid groups (broad SMARTS) is 1. The van der Waals surface area contributed by atoms with Gasteiger partial charge in [-0.25, -0.2) is 18.0 Å². The van der Waals surface area contributed by atoms with Gasteiger partial charge in [0.2, 0.25) is 0 Å². The Morgan fingerprint density at radius 3 is 2.18 bits per heavy atom. The van der Waals surface area contributed by atoms with Crippen molar-refractivity contribution >= 4 is 27.5 Å². The third-order valence-electron chi connectivity index (χ3n) is 5.44. The van der Waals surface area contributed by atoms with Gasteiger partial charge in [0.05, 0.1) is 4.90 Å². The van der Waals surface area contributed by atoms with Crippen LogP contribution in [0.15, 0.2) is 59.5 Å². The molecule has 0 aliphatic rings. The molecule has 6 N–H and O–H groups in total. The zero-order chi connectivity index (χ0) is 25.3. The van der Waals surface area contributed by atoms with E-state index >= 15 is 0 Å².